The zero-order valence-electron chi connectivity index (χ0n) is 10.0. The van der Waals surface area contributed by atoms with Crippen LogP contribution in [0.15, 0.2) is 18.2 Å². The van der Waals surface area contributed by atoms with Crippen molar-refractivity contribution in [2.45, 2.75) is 20.4 Å². The predicted molar refractivity (Wildman–Crippen MR) is 66.9 cm³/mol. The molecule has 2 aromatic rings. The predicted octanol–water partition coefficient (Wildman–Crippen LogP) is 3.21. The van der Waals surface area contributed by atoms with E-state index < -0.39 is 5.82 Å². The van der Waals surface area contributed by atoms with Gasteiger partial charge in [0.1, 0.15) is 5.82 Å². The largest absolute Gasteiger partial charge is 0.264 e. The van der Waals surface area contributed by atoms with Gasteiger partial charge >= 0.3 is 0 Å². The van der Waals surface area contributed by atoms with E-state index in [0.29, 0.717) is 22.7 Å². The van der Waals surface area contributed by atoms with Gasteiger partial charge in [0.25, 0.3) is 0 Å². The molecule has 0 saturated carbocycles. The molecule has 0 amide bonds. The Morgan fingerprint density at radius 1 is 1.39 bits per heavy atom. The number of nitriles is 1. The number of benzene rings is 1. The summed E-state index contributed by atoms with van der Waals surface area (Å²) >= 11 is 6.04. The molecule has 1 aromatic heterocycles. The zero-order valence-corrected chi connectivity index (χ0v) is 10.8. The number of nitrogens with zero attached hydrogens (tertiary/aromatic N) is 3. The number of halogens is 2. The Bertz CT molecular complexity index is 640. The van der Waals surface area contributed by atoms with Crippen molar-refractivity contribution >= 4 is 11.6 Å². The van der Waals surface area contributed by atoms with E-state index in [1.165, 1.54) is 12.1 Å². The van der Waals surface area contributed by atoms with Crippen LogP contribution in [0.25, 0.3) is 0 Å². The van der Waals surface area contributed by atoms with Crippen LogP contribution < -0.4 is 0 Å². The second-order valence-corrected chi connectivity index (χ2v) is 4.48. The summed E-state index contributed by atoms with van der Waals surface area (Å²) in [5.74, 6) is -0.420. The fourth-order valence-corrected chi connectivity index (χ4v) is 1.94. The Morgan fingerprint density at radius 3 is 2.67 bits per heavy atom. The first-order valence-corrected chi connectivity index (χ1v) is 5.78. The lowest BCUT2D eigenvalue weighted by molar-refractivity contribution is 0.615. The molecule has 1 aromatic carbocycles. The summed E-state index contributed by atoms with van der Waals surface area (Å²) in [6, 6.07) is 6.18. The molecule has 0 aliphatic heterocycles. The SMILES string of the molecule is Cc1nn(Cc2cc(F)cc(C#N)c2)c(C)c1Cl. The quantitative estimate of drug-likeness (QED) is 0.835. The van der Waals surface area contributed by atoms with Gasteiger partial charge in [-0.3, -0.25) is 4.68 Å². The molecule has 5 heteroatoms. The van der Waals surface area contributed by atoms with Gasteiger partial charge in [-0.15, -0.1) is 0 Å². The molecule has 0 bridgehead atoms. The van der Waals surface area contributed by atoms with E-state index in [-0.39, 0.29) is 0 Å². The number of hydrogen-bond donors (Lipinski definition) is 0. The summed E-state index contributed by atoms with van der Waals surface area (Å²) in [5.41, 5.74) is 2.56. The Morgan fingerprint density at radius 2 is 2.11 bits per heavy atom. The molecule has 0 atom stereocenters. The third kappa shape index (κ3) is 2.36. The maximum absolute atomic E-state index is 13.3. The van der Waals surface area contributed by atoms with Crippen LogP contribution in [0.5, 0.6) is 0 Å². The van der Waals surface area contributed by atoms with Gasteiger partial charge in [0.15, 0.2) is 0 Å². The van der Waals surface area contributed by atoms with Gasteiger partial charge in [0.2, 0.25) is 0 Å². The smallest absolute Gasteiger partial charge is 0.124 e. The monoisotopic (exact) mass is 263 g/mol. The fourth-order valence-electron chi connectivity index (χ4n) is 1.81. The first-order valence-electron chi connectivity index (χ1n) is 5.40. The van der Waals surface area contributed by atoms with Crippen LogP contribution in [0.1, 0.15) is 22.5 Å². The standard InChI is InChI=1S/C13H11ClFN3/c1-8-13(14)9(2)18(17-8)7-11-3-10(6-16)4-12(15)5-11/h3-5H,7H2,1-2H3. The minimum atomic E-state index is -0.420. The van der Waals surface area contributed by atoms with E-state index in [0.717, 1.165) is 11.4 Å². The Labute approximate surface area is 109 Å². The van der Waals surface area contributed by atoms with Crippen LogP contribution in [0.3, 0.4) is 0 Å². The molecule has 92 valence electrons. The molecule has 3 nitrogen and oxygen atoms in total. The van der Waals surface area contributed by atoms with E-state index in [9.17, 15) is 4.39 Å². The Hall–Kier alpha value is -1.86. The molecule has 0 spiro atoms. The van der Waals surface area contributed by atoms with Gasteiger partial charge in [0.05, 0.1) is 34.6 Å². The maximum Gasteiger partial charge on any atom is 0.124 e. The highest BCUT2D eigenvalue weighted by Gasteiger charge is 2.10. The molecule has 0 aliphatic rings. The highest BCUT2D eigenvalue weighted by Crippen LogP contribution is 2.20. The average Bonchev–Trinajstić information content (AvgIpc) is 2.56. The fraction of sp³-hybridized carbons (Fsp3) is 0.231. The molecule has 1 heterocycles. The molecule has 0 aliphatic carbocycles. The highest BCUT2D eigenvalue weighted by atomic mass is 35.5. The number of rotatable bonds is 2. The zero-order chi connectivity index (χ0) is 13.3. The van der Waals surface area contributed by atoms with Gasteiger partial charge < -0.3 is 0 Å². The summed E-state index contributed by atoms with van der Waals surface area (Å²) in [4.78, 5) is 0. The molecular weight excluding hydrogens is 253 g/mol. The maximum atomic E-state index is 13.3. The third-order valence-corrected chi connectivity index (χ3v) is 3.26. The van der Waals surface area contributed by atoms with Crippen molar-refractivity contribution in [2.75, 3.05) is 0 Å². The van der Waals surface area contributed by atoms with Crippen molar-refractivity contribution in [2.24, 2.45) is 0 Å². The normalized spacial score (nSPS) is 10.4. The van der Waals surface area contributed by atoms with Crippen molar-refractivity contribution in [1.29, 1.82) is 5.26 Å². The van der Waals surface area contributed by atoms with Crippen LogP contribution in [0.2, 0.25) is 5.02 Å². The van der Waals surface area contributed by atoms with Crippen LogP contribution in [-0.4, -0.2) is 9.78 Å². The first-order chi connectivity index (χ1) is 8.51. The van der Waals surface area contributed by atoms with E-state index in [4.69, 9.17) is 16.9 Å². The Kier molecular flexibility index (Phi) is 3.35. The van der Waals surface area contributed by atoms with Gasteiger partial charge in [-0.2, -0.15) is 10.4 Å². The summed E-state index contributed by atoms with van der Waals surface area (Å²) < 4.78 is 15.0. The molecule has 0 N–H and O–H groups in total. The third-order valence-electron chi connectivity index (χ3n) is 2.71. The molecule has 0 fully saturated rings. The Balaban J connectivity index is 2.37. The van der Waals surface area contributed by atoms with Gasteiger partial charge in [-0.1, -0.05) is 11.6 Å². The lowest BCUT2D eigenvalue weighted by Gasteiger charge is -2.05. The average molecular weight is 264 g/mol. The number of aromatic nitrogens is 2. The molecule has 18 heavy (non-hydrogen) atoms. The van der Waals surface area contributed by atoms with Crippen LogP contribution in [0.4, 0.5) is 4.39 Å². The van der Waals surface area contributed by atoms with Crippen LogP contribution >= 0.6 is 11.6 Å². The summed E-state index contributed by atoms with van der Waals surface area (Å²) in [6.45, 7) is 4.07. The van der Waals surface area contributed by atoms with E-state index in [2.05, 4.69) is 5.10 Å². The summed E-state index contributed by atoms with van der Waals surface area (Å²) in [5, 5.41) is 13.7. The minimum Gasteiger partial charge on any atom is -0.264 e. The van der Waals surface area contributed by atoms with Crippen molar-refractivity contribution in [3.63, 3.8) is 0 Å². The van der Waals surface area contributed by atoms with E-state index >= 15 is 0 Å². The number of hydrogen-bond acceptors (Lipinski definition) is 2. The summed E-state index contributed by atoms with van der Waals surface area (Å²) in [6.07, 6.45) is 0. The lowest BCUT2D eigenvalue weighted by Crippen LogP contribution is -2.04. The molecular formula is C13H11ClFN3. The first kappa shape index (κ1) is 12.6. The van der Waals surface area contributed by atoms with Crippen molar-refractivity contribution in [3.8, 4) is 6.07 Å². The second kappa shape index (κ2) is 4.79. The van der Waals surface area contributed by atoms with Crippen molar-refractivity contribution in [3.05, 3.63) is 51.6 Å². The van der Waals surface area contributed by atoms with Gasteiger partial charge in [0, 0.05) is 0 Å². The molecule has 2 rings (SSSR count). The van der Waals surface area contributed by atoms with Crippen LogP contribution in [-0.2, 0) is 6.54 Å². The van der Waals surface area contributed by atoms with Crippen molar-refractivity contribution < 1.29 is 4.39 Å². The van der Waals surface area contributed by atoms with Crippen molar-refractivity contribution in [1.82, 2.24) is 9.78 Å². The van der Waals surface area contributed by atoms with Crippen LogP contribution in [0, 0.1) is 31.0 Å². The van der Waals surface area contributed by atoms with E-state index in [1.807, 2.05) is 19.9 Å². The van der Waals surface area contributed by atoms with E-state index in [1.54, 1.807) is 10.7 Å². The molecule has 0 radical (unpaired) electrons. The van der Waals surface area contributed by atoms with Gasteiger partial charge in [-0.25, -0.2) is 4.39 Å². The molecule has 0 unspecified atom stereocenters. The van der Waals surface area contributed by atoms with Gasteiger partial charge in [-0.05, 0) is 37.6 Å². The lowest BCUT2D eigenvalue weighted by atomic mass is 10.1. The highest BCUT2D eigenvalue weighted by molar-refractivity contribution is 6.31. The topological polar surface area (TPSA) is 41.6 Å². The summed E-state index contributed by atoms with van der Waals surface area (Å²) in [7, 11) is 0. The second-order valence-electron chi connectivity index (χ2n) is 4.10. The minimum absolute atomic E-state index is 0.303. The number of aryl methyl sites for hydroxylation is 1. The molecule has 0 saturated heterocycles.